The highest BCUT2D eigenvalue weighted by molar-refractivity contribution is 5.96. The van der Waals surface area contributed by atoms with Crippen molar-refractivity contribution in [2.24, 2.45) is 5.92 Å². The number of imidazole rings is 1. The molecule has 0 bridgehead atoms. The van der Waals surface area contributed by atoms with Crippen molar-refractivity contribution in [2.75, 3.05) is 11.9 Å². The Bertz CT molecular complexity index is 1000. The van der Waals surface area contributed by atoms with E-state index in [1.165, 1.54) is 12.8 Å². The summed E-state index contributed by atoms with van der Waals surface area (Å²) >= 11 is 0. The van der Waals surface area contributed by atoms with Crippen LogP contribution in [0.3, 0.4) is 0 Å². The van der Waals surface area contributed by atoms with Crippen molar-refractivity contribution in [1.29, 1.82) is 0 Å². The summed E-state index contributed by atoms with van der Waals surface area (Å²) in [4.78, 5) is 31.4. The summed E-state index contributed by atoms with van der Waals surface area (Å²) < 4.78 is 0. The van der Waals surface area contributed by atoms with Crippen molar-refractivity contribution >= 4 is 28.8 Å². The fraction of sp³-hybridized carbons (Fsp3) is 0.286. The summed E-state index contributed by atoms with van der Waals surface area (Å²) in [5, 5.41) is 5.73. The molecule has 1 heterocycles. The number of anilines is 1. The lowest BCUT2D eigenvalue weighted by molar-refractivity contribution is -0.115. The van der Waals surface area contributed by atoms with E-state index in [-0.39, 0.29) is 11.8 Å². The van der Waals surface area contributed by atoms with E-state index in [9.17, 15) is 9.59 Å². The molecule has 0 atom stereocenters. The first-order valence-electron chi connectivity index (χ1n) is 9.30. The van der Waals surface area contributed by atoms with Crippen molar-refractivity contribution in [1.82, 2.24) is 15.3 Å². The predicted molar refractivity (Wildman–Crippen MR) is 106 cm³/mol. The molecule has 2 amide bonds. The van der Waals surface area contributed by atoms with Gasteiger partial charge in [0.25, 0.3) is 5.91 Å². The molecule has 2 aromatic carbocycles. The smallest absolute Gasteiger partial charge is 0.251 e. The number of aromatic nitrogens is 2. The minimum Gasteiger partial charge on any atom is -0.352 e. The van der Waals surface area contributed by atoms with Gasteiger partial charge in [0.15, 0.2) is 0 Å². The lowest BCUT2D eigenvalue weighted by Crippen LogP contribution is -2.25. The van der Waals surface area contributed by atoms with Crippen molar-refractivity contribution < 1.29 is 9.59 Å². The number of hydrogen-bond donors (Lipinski definition) is 3. The van der Waals surface area contributed by atoms with Crippen LogP contribution in [0.5, 0.6) is 0 Å². The van der Waals surface area contributed by atoms with Crippen LogP contribution in [0.2, 0.25) is 0 Å². The second kappa shape index (κ2) is 7.23. The van der Waals surface area contributed by atoms with Gasteiger partial charge in [-0.25, -0.2) is 4.98 Å². The van der Waals surface area contributed by atoms with Crippen LogP contribution in [0.25, 0.3) is 22.2 Å². The van der Waals surface area contributed by atoms with Gasteiger partial charge in [0.2, 0.25) is 11.9 Å². The van der Waals surface area contributed by atoms with Crippen LogP contribution in [-0.2, 0) is 4.79 Å². The maximum atomic E-state index is 12.3. The van der Waals surface area contributed by atoms with E-state index in [4.69, 9.17) is 0 Å². The highest BCUT2D eigenvalue weighted by atomic mass is 16.2. The third kappa shape index (κ3) is 4.00. The van der Waals surface area contributed by atoms with Crippen LogP contribution in [0, 0.1) is 5.92 Å². The number of nitrogens with one attached hydrogen (secondary N) is 3. The Morgan fingerprint density at radius 3 is 2.74 bits per heavy atom. The summed E-state index contributed by atoms with van der Waals surface area (Å²) in [5.74, 6) is 0.986. The molecule has 0 radical (unpaired) electrons. The van der Waals surface area contributed by atoms with E-state index in [0.29, 0.717) is 23.9 Å². The number of H-pyrrole nitrogens is 1. The number of hydrogen-bond acceptors (Lipinski definition) is 3. The number of benzene rings is 2. The lowest BCUT2D eigenvalue weighted by Gasteiger charge is -2.07. The Morgan fingerprint density at radius 2 is 1.96 bits per heavy atom. The molecule has 6 heteroatoms. The molecule has 27 heavy (non-hydrogen) atoms. The van der Waals surface area contributed by atoms with Crippen LogP contribution in [-0.4, -0.2) is 28.3 Å². The fourth-order valence-electron chi connectivity index (χ4n) is 2.97. The fourth-order valence-corrected chi connectivity index (χ4v) is 2.97. The standard InChI is InChI=1S/C21H22N4O2/c1-2-19(26)25-21-23-17-9-8-15(11-18(17)24-21)14-4-3-5-16(10-14)20(27)22-12-13-6-7-13/h3-5,8-11,13H,2,6-7,12H2,1H3,(H,22,27)(H2,23,24,25,26). The molecule has 4 rings (SSSR count). The van der Waals surface area contributed by atoms with Gasteiger partial charge in [0, 0.05) is 18.5 Å². The number of carbonyl (C=O) groups excluding carboxylic acids is 2. The molecule has 3 N–H and O–H groups in total. The van der Waals surface area contributed by atoms with Gasteiger partial charge in [-0.05, 0) is 54.2 Å². The molecule has 0 saturated heterocycles. The summed E-state index contributed by atoms with van der Waals surface area (Å²) in [7, 11) is 0. The molecule has 1 aliphatic carbocycles. The molecular formula is C21H22N4O2. The number of carbonyl (C=O) groups is 2. The maximum Gasteiger partial charge on any atom is 0.251 e. The molecule has 1 aliphatic rings. The Kier molecular flexibility index (Phi) is 4.62. The summed E-state index contributed by atoms with van der Waals surface area (Å²) in [6, 6.07) is 13.5. The van der Waals surface area contributed by atoms with Gasteiger partial charge in [-0.1, -0.05) is 25.1 Å². The molecule has 1 fully saturated rings. The Labute approximate surface area is 157 Å². The third-order valence-corrected chi connectivity index (χ3v) is 4.77. The Hall–Kier alpha value is -3.15. The molecular weight excluding hydrogens is 340 g/mol. The Morgan fingerprint density at radius 1 is 1.15 bits per heavy atom. The minimum absolute atomic E-state index is 0.0315. The van der Waals surface area contributed by atoms with Gasteiger partial charge < -0.3 is 10.3 Å². The molecule has 1 aromatic heterocycles. The van der Waals surface area contributed by atoms with E-state index >= 15 is 0 Å². The van der Waals surface area contributed by atoms with Gasteiger partial charge in [0.05, 0.1) is 11.0 Å². The SMILES string of the molecule is CCC(=O)Nc1nc2ccc(-c3cccc(C(=O)NCC4CC4)c3)cc2[nH]1. The third-order valence-electron chi connectivity index (χ3n) is 4.77. The second-order valence-electron chi connectivity index (χ2n) is 6.95. The van der Waals surface area contributed by atoms with Gasteiger partial charge in [0.1, 0.15) is 0 Å². The average Bonchev–Trinajstić information content (AvgIpc) is 3.44. The lowest BCUT2D eigenvalue weighted by atomic mass is 10.0. The number of fused-ring (bicyclic) bond motifs is 1. The zero-order valence-corrected chi connectivity index (χ0v) is 15.2. The zero-order valence-electron chi connectivity index (χ0n) is 15.2. The first-order valence-corrected chi connectivity index (χ1v) is 9.30. The highest BCUT2D eigenvalue weighted by Crippen LogP contribution is 2.28. The van der Waals surface area contributed by atoms with Crippen LogP contribution in [0.15, 0.2) is 42.5 Å². The molecule has 0 unspecified atom stereocenters. The maximum absolute atomic E-state index is 12.3. The van der Waals surface area contributed by atoms with E-state index < -0.39 is 0 Å². The molecule has 6 nitrogen and oxygen atoms in total. The monoisotopic (exact) mass is 362 g/mol. The minimum atomic E-state index is -0.0841. The number of aromatic amines is 1. The van der Waals surface area contributed by atoms with E-state index in [0.717, 1.165) is 28.7 Å². The number of amides is 2. The molecule has 1 saturated carbocycles. The highest BCUT2D eigenvalue weighted by Gasteiger charge is 2.21. The quantitative estimate of drug-likeness (QED) is 0.624. The summed E-state index contributed by atoms with van der Waals surface area (Å²) in [6.07, 6.45) is 2.83. The zero-order chi connectivity index (χ0) is 18.8. The largest absolute Gasteiger partial charge is 0.352 e. The van der Waals surface area contributed by atoms with Crippen molar-refractivity contribution in [3.05, 3.63) is 48.0 Å². The van der Waals surface area contributed by atoms with Gasteiger partial charge in [-0.2, -0.15) is 0 Å². The van der Waals surface area contributed by atoms with Crippen LogP contribution < -0.4 is 10.6 Å². The van der Waals surface area contributed by atoms with Crippen molar-refractivity contribution in [2.45, 2.75) is 26.2 Å². The first kappa shape index (κ1) is 17.3. The van der Waals surface area contributed by atoms with Crippen LogP contribution >= 0.6 is 0 Å². The predicted octanol–water partition coefficient (Wildman–Crippen LogP) is 3.72. The molecule has 138 valence electrons. The molecule has 0 spiro atoms. The van der Waals surface area contributed by atoms with Crippen molar-refractivity contribution in [3.8, 4) is 11.1 Å². The first-order chi connectivity index (χ1) is 13.1. The summed E-state index contributed by atoms with van der Waals surface area (Å²) in [6.45, 7) is 2.55. The second-order valence-corrected chi connectivity index (χ2v) is 6.95. The van der Waals surface area contributed by atoms with Gasteiger partial charge in [-0.15, -0.1) is 0 Å². The topological polar surface area (TPSA) is 86.9 Å². The molecule has 3 aromatic rings. The summed E-state index contributed by atoms with van der Waals surface area (Å²) in [5.41, 5.74) is 4.22. The Balaban J connectivity index is 1.56. The number of nitrogens with zero attached hydrogens (tertiary/aromatic N) is 1. The molecule has 0 aliphatic heterocycles. The van der Waals surface area contributed by atoms with Gasteiger partial charge in [-0.3, -0.25) is 14.9 Å². The van der Waals surface area contributed by atoms with Crippen molar-refractivity contribution in [3.63, 3.8) is 0 Å². The van der Waals surface area contributed by atoms with E-state index in [2.05, 4.69) is 20.6 Å². The number of rotatable bonds is 6. The van der Waals surface area contributed by atoms with Crippen LogP contribution in [0.1, 0.15) is 36.5 Å². The normalized spacial score (nSPS) is 13.5. The van der Waals surface area contributed by atoms with E-state index in [1.807, 2.05) is 42.5 Å². The van der Waals surface area contributed by atoms with E-state index in [1.54, 1.807) is 6.92 Å². The van der Waals surface area contributed by atoms with Gasteiger partial charge >= 0.3 is 0 Å². The average molecular weight is 362 g/mol. The van der Waals surface area contributed by atoms with Crippen LogP contribution in [0.4, 0.5) is 5.95 Å².